The van der Waals surface area contributed by atoms with Crippen LogP contribution in [0.1, 0.15) is 59.1 Å². The van der Waals surface area contributed by atoms with Gasteiger partial charge in [-0.3, -0.25) is 14.4 Å². The van der Waals surface area contributed by atoms with Crippen LogP contribution in [-0.2, 0) is 20.8 Å². The number of carboxylic acid groups (broad SMARTS) is 1. The van der Waals surface area contributed by atoms with Crippen LogP contribution in [0.5, 0.6) is 0 Å². The summed E-state index contributed by atoms with van der Waals surface area (Å²) in [5.41, 5.74) is 6.68. The normalized spacial score (nSPS) is 14.5. The topological polar surface area (TPSA) is 114 Å². The van der Waals surface area contributed by atoms with Gasteiger partial charge in [-0.05, 0) is 41.5 Å². The lowest BCUT2D eigenvalue weighted by atomic mass is 9.74. The first-order valence-corrected chi connectivity index (χ1v) is 10.5. The fourth-order valence-corrected chi connectivity index (χ4v) is 3.38. The highest BCUT2D eigenvalue weighted by Gasteiger charge is 2.45. The zero-order valence-corrected chi connectivity index (χ0v) is 18.9. The summed E-state index contributed by atoms with van der Waals surface area (Å²) < 4.78 is 1.57. The van der Waals surface area contributed by atoms with E-state index in [0.717, 1.165) is 24.0 Å². The van der Waals surface area contributed by atoms with Gasteiger partial charge in [0, 0.05) is 12.4 Å². The largest absolute Gasteiger partial charge is 0.481 e. The first-order valence-electron chi connectivity index (χ1n) is 10.5. The Hall–Kier alpha value is -3.09. The third-order valence-corrected chi connectivity index (χ3v) is 5.94. The molecule has 2 atom stereocenters. The number of nitrogens with two attached hydrogens (primary N) is 1. The van der Waals surface area contributed by atoms with Crippen LogP contribution in [0, 0.1) is 5.41 Å². The van der Waals surface area contributed by atoms with E-state index in [1.807, 2.05) is 18.2 Å². The summed E-state index contributed by atoms with van der Waals surface area (Å²) in [6.07, 6.45) is 5.09. The van der Waals surface area contributed by atoms with Crippen LogP contribution in [0.25, 0.3) is 11.1 Å². The number of aryl methyl sites for hydroxylation is 1. The highest BCUT2D eigenvalue weighted by Crippen LogP contribution is 2.31. The summed E-state index contributed by atoms with van der Waals surface area (Å²) in [5, 5.41) is 12.1. The molecule has 0 aliphatic carbocycles. The molecule has 1 heterocycles. The zero-order valence-electron chi connectivity index (χ0n) is 18.9. The first-order chi connectivity index (χ1) is 14.4. The number of primary amides is 1. The summed E-state index contributed by atoms with van der Waals surface area (Å²) in [4.78, 5) is 36.7. The number of carbonyl (C=O) groups is 3. The molecule has 0 radical (unpaired) electrons. The van der Waals surface area contributed by atoms with Crippen LogP contribution in [0.4, 0.5) is 0 Å². The quantitative estimate of drug-likeness (QED) is 0.568. The van der Waals surface area contributed by atoms with Crippen molar-refractivity contribution in [1.82, 2.24) is 9.88 Å². The highest BCUT2D eigenvalue weighted by molar-refractivity contribution is 5.93. The minimum atomic E-state index is -1.34. The smallest absolute Gasteiger partial charge is 0.306 e. The molecule has 0 saturated carbocycles. The van der Waals surface area contributed by atoms with Crippen molar-refractivity contribution < 1.29 is 19.5 Å². The number of aliphatic carboxylic acids is 1. The molecule has 4 N–H and O–H groups in total. The monoisotopic (exact) mass is 427 g/mol. The molecule has 2 aromatic rings. The number of amides is 2. The van der Waals surface area contributed by atoms with Gasteiger partial charge < -0.3 is 20.7 Å². The molecule has 2 amide bonds. The van der Waals surface area contributed by atoms with Crippen LogP contribution >= 0.6 is 0 Å². The van der Waals surface area contributed by atoms with Crippen LogP contribution < -0.4 is 11.1 Å². The first kappa shape index (κ1) is 24.2. The van der Waals surface area contributed by atoms with Gasteiger partial charge in [-0.15, -0.1) is 0 Å². The second-order valence-corrected chi connectivity index (χ2v) is 9.14. The molecule has 7 heteroatoms. The average molecular weight is 428 g/mol. The molecule has 7 nitrogen and oxygen atoms in total. The van der Waals surface area contributed by atoms with E-state index in [0.29, 0.717) is 0 Å². The van der Waals surface area contributed by atoms with Crippen molar-refractivity contribution in [3.63, 3.8) is 0 Å². The van der Waals surface area contributed by atoms with E-state index in [-0.39, 0.29) is 0 Å². The Kier molecular flexibility index (Phi) is 7.31. The van der Waals surface area contributed by atoms with Crippen LogP contribution in [0.2, 0.25) is 0 Å². The molecule has 0 aliphatic heterocycles. The van der Waals surface area contributed by atoms with Crippen LogP contribution in [-0.4, -0.2) is 33.0 Å². The number of carbonyl (C=O) groups excluding carboxylic acids is 2. The summed E-state index contributed by atoms with van der Waals surface area (Å²) in [7, 11) is 0. The van der Waals surface area contributed by atoms with Gasteiger partial charge in [0.1, 0.15) is 11.6 Å². The van der Waals surface area contributed by atoms with Crippen molar-refractivity contribution >= 4 is 17.8 Å². The maximum atomic E-state index is 13.1. The number of nitrogens with one attached hydrogen (secondary N) is 1. The van der Waals surface area contributed by atoms with Gasteiger partial charge >= 0.3 is 5.97 Å². The Labute approximate surface area is 183 Å². The fourth-order valence-electron chi connectivity index (χ4n) is 3.38. The number of rotatable bonds is 9. The molecular formula is C24H33N3O4. The van der Waals surface area contributed by atoms with Gasteiger partial charge in [-0.1, -0.05) is 58.4 Å². The van der Waals surface area contributed by atoms with Crippen molar-refractivity contribution in [1.29, 1.82) is 0 Å². The Morgan fingerprint density at radius 2 is 1.68 bits per heavy atom. The molecule has 0 saturated heterocycles. The molecule has 168 valence electrons. The SMILES string of the molecule is CCCc1ccc(-c2ccn([C@H](CC(=O)O)C(=O)N[C@](C)(C(N)=O)C(C)(C)C)c2)cc1. The predicted octanol–water partition coefficient (Wildman–Crippen LogP) is 3.53. The van der Waals surface area contributed by atoms with Gasteiger partial charge in [0.15, 0.2) is 0 Å². The van der Waals surface area contributed by atoms with Gasteiger partial charge in [-0.25, -0.2) is 0 Å². The van der Waals surface area contributed by atoms with E-state index in [2.05, 4.69) is 24.4 Å². The van der Waals surface area contributed by atoms with Gasteiger partial charge in [-0.2, -0.15) is 0 Å². The van der Waals surface area contributed by atoms with Gasteiger partial charge in [0.2, 0.25) is 11.8 Å². The van der Waals surface area contributed by atoms with E-state index in [1.54, 1.807) is 44.7 Å². The third kappa shape index (κ3) is 5.54. The Bertz CT molecular complexity index is 940. The van der Waals surface area contributed by atoms with E-state index in [1.165, 1.54) is 5.56 Å². The van der Waals surface area contributed by atoms with Gasteiger partial charge in [0.25, 0.3) is 0 Å². The van der Waals surface area contributed by atoms with Crippen LogP contribution in [0.15, 0.2) is 42.7 Å². The lowest BCUT2D eigenvalue weighted by Gasteiger charge is -2.40. The predicted molar refractivity (Wildman–Crippen MR) is 120 cm³/mol. The maximum Gasteiger partial charge on any atom is 0.306 e. The second kappa shape index (κ2) is 9.37. The Balaban J connectivity index is 2.33. The lowest BCUT2D eigenvalue weighted by molar-refractivity contribution is -0.142. The van der Waals surface area contributed by atoms with Crippen molar-refractivity contribution in [2.75, 3.05) is 0 Å². The molecular weight excluding hydrogens is 394 g/mol. The average Bonchev–Trinajstić information content (AvgIpc) is 3.15. The molecule has 31 heavy (non-hydrogen) atoms. The number of carboxylic acids is 1. The van der Waals surface area contributed by atoms with Crippen molar-refractivity contribution in [2.24, 2.45) is 11.1 Å². The number of hydrogen-bond donors (Lipinski definition) is 3. The highest BCUT2D eigenvalue weighted by atomic mass is 16.4. The minimum absolute atomic E-state index is 0.422. The molecule has 0 bridgehead atoms. The second-order valence-electron chi connectivity index (χ2n) is 9.14. The summed E-state index contributed by atoms with van der Waals surface area (Å²) in [6, 6.07) is 8.99. The molecule has 1 aromatic heterocycles. The van der Waals surface area contributed by atoms with Crippen LogP contribution in [0.3, 0.4) is 0 Å². The molecule has 0 unspecified atom stereocenters. The van der Waals surface area contributed by atoms with Crippen molar-refractivity contribution in [3.05, 3.63) is 48.3 Å². The number of aromatic nitrogens is 1. The van der Waals surface area contributed by atoms with E-state index < -0.39 is 41.2 Å². The van der Waals surface area contributed by atoms with E-state index in [4.69, 9.17) is 5.73 Å². The molecule has 1 aromatic carbocycles. The summed E-state index contributed by atoms with van der Waals surface area (Å²) in [6.45, 7) is 9.06. The van der Waals surface area contributed by atoms with E-state index in [9.17, 15) is 19.5 Å². The Morgan fingerprint density at radius 1 is 1.06 bits per heavy atom. The van der Waals surface area contributed by atoms with Crippen molar-refractivity contribution in [2.45, 2.75) is 65.5 Å². The number of benzene rings is 1. The Morgan fingerprint density at radius 3 is 2.16 bits per heavy atom. The molecule has 0 aliphatic rings. The molecule has 0 spiro atoms. The lowest BCUT2D eigenvalue weighted by Crippen LogP contribution is -2.63. The van der Waals surface area contributed by atoms with E-state index >= 15 is 0 Å². The van der Waals surface area contributed by atoms with Crippen molar-refractivity contribution in [3.8, 4) is 11.1 Å². The molecule has 2 rings (SSSR count). The standard InChI is InChI=1S/C24H33N3O4/c1-6-7-16-8-10-17(11-9-16)18-12-13-27(15-18)19(14-20(28)29)21(30)26-24(5,22(25)31)23(2,3)4/h8-13,15,19H,6-7,14H2,1-5H3,(H2,25,31)(H,26,30)(H,28,29)/t19-,24-/m1/s1. The minimum Gasteiger partial charge on any atom is -0.481 e. The number of nitrogens with zero attached hydrogens (tertiary/aromatic N) is 1. The number of hydrogen-bond acceptors (Lipinski definition) is 3. The third-order valence-electron chi connectivity index (χ3n) is 5.94. The van der Waals surface area contributed by atoms with Gasteiger partial charge in [0.05, 0.1) is 6.42 Å². The fraction of sp³-hybridized carbons (Fsp3) is 0.458. The molecule has 0 fully saturated rings. The summed E-state index contributed by atoms with van der Waals surface area (Å²) in [5.74, 6) is -2.36. The summed E-state index contributed by atoms with van der Waals surface area (Å²) >= 11 is 0. The zero-order chi connectivity index (χ0) is 23.4. The maximum absolute atomic E-state index is 13.1.